The summed E-state index contributed by atoms with van der Waals surface area (Å²) in [6, 6.07) is 5.89. The number of ether oxygens (including phenoxy) is 1. The predicted octanol–water partition coefficient (Wildman–Crippen LogP) is 4.51. The van der Waals surface area contributed by atoms with Crippen LogP contribution in [0, 0.1) is 5.82 Å². The molecular weight excluding hydrogens is 554 g/mol. The lowest BCUT2D eigenvalue weighted by atomic mass is 10.1. The second-order valence-corrected chi connectivity index (χ2v) is 10.8. The number of thiazole rings is 1. The van der Waals surface area contributed by atoms with E-state index in [9.17, 15) is 17.6 Å². The van der Waals surface area contributed by atoms with Gasteiger partial charge in [0, 0.05) is 16.5 Å². The number of anilines is 1. The van der Waals surface area contributed by atoms with E-state index in [1.165, 1.54) is 22.2 Å². The van der Waals surface area contributed by atoms with Gasteiger partial charge in [-0.2, -0.15) is 0 Å². The molecule has 0 unspecified atom stereocenters. The van der Waals surface area contributed by atoms with Crippen LogP contribution in [0.25, 0.3) is 0 Å². The van der Waals surface area contributed by atoms with E-state index < -0.39 is 32.7 Å². The molecule has 0 spiro atoms. The number of aromatic nitrogens is 1. The predicted molar refractivity (Wildman–Crippen MR) is 137 cm³/mol. The van der Waals surface area contributed by atoms with Crippen molar-refractivity contribution in [1.29, 1.82) is 0 Å². The average molecular weight is 577 g/mol. The first kappa shape index (κ1) is 28.1. The quantitative estimate of drug-likeness (QED) is 0.218. The maximum atomic E-state index is 14.8. The molecule has 0 aliphatic heterocycles. The van der Waals surface area contributed by atoms with E-state index in [1.54, 1.807) is 18.2 Å². The monoisotopic (exact) mass is 576 g/mol. The number of carbonyl (C=O) groups is 1. The van der Waals surface area contributed by atoms with Crippen LogP contribution in [0.5, 0.6) is 11.5 Å². The standard InChI is InChI=1S/C22H23Cl2FN4O5S2/c23-14-3-4-18(13(8-14)2-1-6-27-7-5-17(26)22(30)31)34-19-10-16(25)20(9-15(19)24)36(32,33)29-21-11-35-12-28-21/h3-4,8-12,17,27,29H,1-2,5-7,26H2,(H,30,31)/t17-/m0/s1. The zero-order valence-corrected chi connectivity index (χ0v) is 21.9. The lowest BCUT2D eigenvalue weighted by Crippen LogP contribution is -2.33. The van der Waals surface area contributed by atoms with Crippen LogP contribution in [0.4, 0.5) is 10.2 Å². The summed E-state index contributed by atoms with van der Waals surface area (Å²) in [5.74, 6) is -1.71. The van der Waals surface area contributed by atoms with Gasteiger partial charge in [-0.15, -0.1) is 11.3 Å². The molecule has 1 heterocycles. The van der Waals surface area contributed by atoms with Crippen molar-refractivity contribution in [3.8, 4) is 11.5 Å². The number of carboxylic acids is 1. The third-order valence-corrected chi connectivity index (χ3v) is 7.43. The number of aliphatic carboxylic acids is 1. The maximum absolute atomic E-state index is 14.8. The van der Waals surface area contributed by atoms with E-state index in [4.69, 9.17) is 38.8 Å². The molecule has 194 valence electrons. The highest BCUT2D eigenvalue weighted by atomic mass is 35.5. The van der Waals surface area contributed by atoms with Gasteiger partial charge in [0.15, 0.2) is 5.82 Å². The number of hydrogen-bond acceptors (Lipinski definition) is 8. The zero-order chi connectivity index (χ0) is 26.3. The molecule has 3 aromatic rings. The number of halogens is 3. The van der Waals surface area contributed by atoms with Crippen molar-refractivity contribution >= 4 is 56.3 Å². The molecule has 0 radical (unpaired) electrons. The number of hydrogen-bond donors (Lipinski definition) is 4. The highest BCUT2D eigenvalue weighted by Crippen LogP contribution is 2.36. The minimum atomic E-state index is -4.26. The topological polar surface area (TPSA) is 144 Å². The van der Waals surface area contributed by atoms with Gasteiger partial charge in [-0.05, 0) is 62.2 Å². The van der Waals surface area contributed by atoms with Crippen LogP contribution < -0.4 is 20.5 Å². The number of rotatable bonds is 13. The third kappa shape index (κ3) is 7.76. The Morgan fingerprint density at radius 2 is 2.00 bits per heavy atom. The van der Waals surface area contributed by atoms with Crippen LogP contribution in [0.15, 0.2) is 46.1 Å². The van der Waals surface area contributed by atoms with Crippen LogP contribution in [-0.2, 0) is 21.2 Å². The first-order valence-electron chi connectivity index (χ1n) is 10.6. The molecule has 9 nitrogen and oxygen atoms in total. The Hall–Kier alpha value is -2.48. The van der Waals surface area contributed by atoms with Gasteiger partial charge in [0.25, 0.3) is 10.0 Å². The molecule has 1 aromatic heterocycles. The average Bonchev–Trinajstić information content (AvgIpc) is 3.31. The van der Waals surface area contributed by atoms with Gasteiger partial charge in [0.2, 0.25) is 0 Å². The molecule has 0 aliphatic rings. The fourth-order valence-corrected chi connectivity index (χ4v) is 5.23. The summed E-state index contributed by atoms with van der Waals surface area (Å²) < 4.78 is 47.9. The molecule has 0 saturated carbocycles. The summed E-state index contributed by atoms with van der Waals surface area (Å²) in [5.41, 5.74) is 7.63. The normalized spacial score (nSPS) is 12.3. The second-order valence-electron chi connectivity index (χ2n) is 7.63. The molecule has 0 aliphatic carbocycles. The van der Waals surface area contributed by atoms with Crippen molar-refractivity contribution in [2.75, 3.05) is 17.8 Å². The Balaban J connectivity index is 1.68. The zero-order valence-electron chi connectivity index (χ0n) is 18.7. The van der Waals surface area contributed by atoms with Crippen molar-refractivity contribution in [2.45, 2.75) is 30.2 Å². The van der Waals surface area contributed by atoms with E-state index in [-0.39, 0.29) is 16.6 Å². The molecule has 0 saturated heterocycles. The van der Waals surface area contributed by atoms with Crippen molar-refractivity contribution in [2.24, 2.45) is 5.73 Å². The van der Waals surface area contributed by atoms with Crippen LogP contribution in [0.2, 0.25) is 10.0 Å². The number of sulfonamides is 1. The van der Waals surface area contributed by atoms with Crippen LogP contribution >= 0.6 is 34.5 Å². The number of nitrogens with two attached hydrogens (primary N) is 1. The summed E-state index contributed by atoms with van der Waals surface area (Å²) in [6.07, 6.45) is 1.51. The van der Waals surface area contributed by atoms with E-state index in [0.29, 0.717) is 43.1 Å². The summed E-state index contributed by atoms with van der Waals surface area (Å²) in [5, 5.41) is 13.8. The Bertz CT molecular complexity index is 1310. The van der Waals surface area contributed by atoms with Crippen molar-refractivity contribution in [3.63, 3.8) is 0 Å². The van der Waals surface area contributed by atoms with E-state index in [0.717, 1.165) is 17.7 Å². The Kier molecular flexibility index (Phi) is 9.88. The smallest absolute Gasteiger partial charge is 0.320 e. The maximum Gasteiger partial charge on any atom is 0.320 e. The Labute approximate surface area is 221 Å². The molecule has 0 amide bonds. The molecule has 0 fully saturated rings. The van der Waals surface area contributed by atoms with Gasteiger partial charge >= 0.3 is 5.97 Å². The van der Waals surface area contributed by atoms with Crippen LogP contribution in [-0.4, -0.2) is 43.6 Å². The van der Waals surface area contributed by atoms with Crippen LogP contribution in [0.1, 0.15) is 18.4 Å². The van der Waals surface area contributed by atoms with Gasteiger partial charge in [0.1, 0.15) is 28.3 Å². The highest BCUT2D eigenvalue weighted by molar-refractivity contribution is 7.92. The van der Waals surface area contributed by atoms with E-state index in [2.05, 4.69) is 15.0 Å². The minimum Gasteiger partial charge on any atom is -0.480 e. The lowest BCUT2D eigenvalue weighted by molar-refractivity contribution is -0.138. The minimum absolute atomic E-state index is 0.0638. The number of benzene rings is 2. The molecule has 2 aromatic carbocycles. The number of nitrogens with zero attached hydrogens (tertiary/aromatic N) is 1. The SMILES string of the molecule is N[C@@H](CCNCCCc1cc(Cl)ccc1Oc1cc(F)c(S(=O)(=O)Nc2cscn2)cc1Cl)C(=O)O. The third-order valence-electron chi connectivity index (χ3n) is 4.94. The Morgan fingerprint density at radius 3 is 2.69 bits per heavy atom. The fraction of sp³-hybridized carbons (Fsp3) is 0.273. The molecule has 5 N–H and O–H groups in total. The van der Waals surface area contributed by atoms with E-state index in [1.807, 2.05) is 0 Å². The summed E-state index contributed by atoms with van der Waals surface area (Å²) in [6.45, 7) is 1.04. The largest absolute Gasteiger partial charge is 0.480 e. The van der Waals surface area contributed by atoms with Gasteiger partial charge < -0.3 is 20.9 Å². The van der Waals surface area contributed by atoms with Crippen molar-refractivity contribution in [1.82, 2.24) is 10.3 Å². The molecular formula is C22H23Cl2FN4O5S2. The van der Waals surface area contributed by atoms with Crippen LogP contribution in [0.3, 0.4) is 0 Å². The van der Waals surface area contributed by atoms with Gasteiger partial charge in [-0.3, -0.25) is 9.52 Å². The van der Waals surface area contributed by atoms with Gasteiger partial charge in [0.05, 0.1) is 10.5 Å². The summed E-state index contributed by atoms with van der Waals surface area (Å²) >= 11 is 13.6. The van der Waals surface area contributed by atoms with Crippen molar-refractivity contribution in [3.05, 3.63) is 62.6 Å². The fourth-order valence-electron chi connectivity index (χ4n) is 3.12. The summed E-state index contributed by atoms with van der Waals surface area (Å²) in [7, 11) is -4.26. The number of nitrogens with one attached hydrogen (secondary N) is 2. The van der Waals surface area contributed by atoms with Crippen molar-refractivity contribution < 1.29 is 27.4 Å². The number of aryl methyl sites for hydroxylation is 1. The Morgan fingerprint density at radius 1 is 1.22 bits per heavy atom. The summed E-state index contributed by atoms with van der Waals surface area (Å²) in [4.78, 5) is 13.9. The second kappa shape index (κ2) is 12.7. The highest BCUT2D eigenvalue weighted by Gasteiger charge is 2.23. The number of carboxylic acid groups (broad SMARTS) is 1. The van der Waals surface area contributed by atoms with Gasteiger partial charge in [-0.25, -0.2) is 17.8 Å². The lowest BCUT2D eigenvalue weighted by Gasteiger charge is -2.15. The molecule has 0 bridgehead atoms. The molecule has 1 atom stereocenters. The molecule has 36 heavy (non-hydrogen) atoms. The first-order chi connectivity index (χ1) is 17.1. The molecule has 3 rings (SSSR count). The first-order valence-corrected chi connectivity index (χ1v) is 13.8. The molecule has 14 heteroatoms. The van der Waals surface area contributed by atoms with Gasteiger partial charge in [-0.1, -0.05) is 23.2 Å². The van der Waals surface area contributed by atoms with E-state index >= 15 is 0 Å².